The number of terminal acetylenes is 1. The molecule has 0 spiro atoms. The van der Waals surface area contributed by atoms with Crippen molar-refractivity contribution in [3.05, 3.63) is 178 Å². The molecule has 6 rings (SSSR count). The maximum atomic E-state index is 11.4. The first-order chi connectivity index (χ1) is 34.1. The van der Waals surface area contributed by atoms with E-state index in [-0.39, 0.29) is 53.9 Å². The molecule has 4 aromatic carbocycles. The Hall–Kier alpha value is -2.60. The van der Waals surface area contributed by atoms with Gasteiger partial charge in [0.05, 0.1) is 45.2 Å². The van der Waals surface area contributed by atoms with Crippen LogP contribution in [0.5, 0.6) is 0 Å². The van der Waals surface area contributed by atoms with Crippen LogP contribution in [-0.2, 0) is 58.9 Å². The molecule has 0 unspecified atom stereocenters. The van der Waals surface area contributed by atoms with Crippen molar-refractivity contribution in [1.82, 2.24) is 30.0 Å². The van der Waals surface area contributed by atoms with Crippen molar-refractivity contribution in [3.8, 4) is 12.3 Å². The molecule has 0 saturated carbocycles. The van der Waals surface area contributed by atoms with Gasteiger partial charge < -0.3 is 14.6 Å². The summed E-state index contributed by atoms with van der Waals surface area (Å²) in [5.74, 6) is -0.289. The van der Waals surface area contributed by atoms with Crippen molar-refractivity contribution >= 4 is 116 Å². The van der Waals surface area contributed by atoms with Crippen molar-refractivity contribution in [2.75, 3.05) is 13.2 Å². The summed E-state index contributed by atoms with van der Waals surface area (Å²) in [4.78, 5) is 34.5. The van der Waals surface area contributed by atoms with Gasteiger partial charge in [0, 0.05) is 66.6 Å². The number of rotatable bonds is 11. The fraction of sp³-hybridized carbons (Fsp3) is 0.340. The van der Waals surface area contributed by atoms with Crippen molar-refractivity contribution in [2.24, 2.45) is 5.11 Å². The molecule has 0 amide bonds. The molecule has 399 valence electrons. The summed E-state index contributed by atoms with van der Waals surface area (Å²) in [5, 5.41) is 27.0. The van der Waals surface area contributed by atoms with E-state index in [9.17, 15) is 14.4 Å². The molecule has 0 atom stereocenters. The maximum Gasteiger partial charge on any atom is 0.358 e. The predicted octanol–water partition coefficient (Wildman–Crippen LogP) is 12.7. The second kappa shape index (κ2) is 66.4. The Labute approximate surface area is 511 Å². The number of hydrogen-bond acceptors (Lipinski definition) is 10. The summed E-state index contributed by atoms with van der Waals surface area (Å²) in [6, 6.07) is 39.6. The van der Waals surface area contributed by atoms with E-state index < -0.39 is 17.9 Å². The van der Waals surface area contributed by atoms with Crippen LogP contribution in [0.1, 0.15) is 119 Å². The topological polar surface area (TPSA) is 200 Å². The number of carbonyl (C=O) groups is 3. The summed E-state index contributed by atoms with van der Waals surface area (Å²) in [6.07, 6.45) is 8.77. The first kappa shape index (κ1) is 83.4. The summed E-state index contributed by atoms with van der Waals surface area (Å²) >= 11 is 9.54. The first-order valence-corrected chi connectivity index (χ1v) is 41.0. The molecule has 2 aromatic heterocycles. The maximum absolute atomic E-state index is 11.4. The van der Waals surface area contributed by atoms with Crippen LogP contribution in [0.2, 0.25) is 0 Å². The van der Waals surface area contributed by atoms with Crippen LogP contribution in [-0.4, -0.2) is 66.2 Å². The van der Waals surface area contributed by atoms with E-state index in [1.54, 1.807) is 30.6 Å². The Kier molecular flexibility index (Phi) is 76.9. The Balaban J connectivity index is -0.000000141. The van der Waals surface area contributed by atoms with Crippen LogP contribution in [0.4, 0.5) is 0 Å². The Bertz CT molecular complexity index is 2170. The summed E-state index contributed by atoms with van der Waals surface area (Å²) in [5.41, 5.74) is 12.8. The number of carbonyl (C=O) groups excluding carboxylic acids is 2. The van der Waals surface area contributed by atoms with Gasteiger partial charge in [0.25, 0.3) is 0 Å². The van der Waals surface area contributed by atoms with Gasteiger partial charge >= 0.3 is 68.4 Å². The number of aromatic carboxylic acids is 1. The molecule has 0 aliphatic heterocycles. The zero-order chi connectivity index (χ0) is 54.2. The normalized spacial score (nSPS) is 8.08. The molecular weight excluding hydrogens is 1630 g/mol. The summed E-state index contributed by atoms with van der Waals surface area (Å²) in [6.45, 7) is 23.9. The average molecular weight is 1710 g/mol. The molecule has 0 bridgehead atoms. The van der Waals surface area contributed by atoms with Gasteiger partial charge in [0.2, 0.25) is 0 Å². The van der Waals surface area contributed by atoms with Gasteiger partial charge in [0.15, 0.2) is 11.4 Å². The van der Waals surface area contributed by atoms with Crippen molar-refractivity contribution in [3.63, 3.8) is 0 Å². The van der Waals surface area contributed by atoms with E-state index >= 15 is 0 Å². The van der Waals surface area contributed by atoms with E-state index in [1.165, 1.54) is 16.4 Å². The second-order valence-electron chi connectivity index (χ2n) is 11.2. The van der Waals surface area contributed by atoms with Crippen LogP contribution in [0.25, 0.3) is 10.4 Å². The van der Waals surface area contributed by atoms with Crippen LogP contribution in [0, 0.1) is 12.3 Å². The molecule has 0 saturated heterocycles. The number of azide groups is 1. The molecule has 72 heavy (non-hydrogen) atoms. The Morgan fingerprint density at radius 2 is 0.986 bits per heavy atom. The SMILES string of the molecule is C#CC(=O)OCC.CC.CC.CC.CC.CCOC(=O)c1cn(Cc2ccccc2)nn1.CCc1ccccc1.I.II.I[I-]I.O=C(O)c1cn(Cc2ccccc2)nn1.[N-]=[N+]=NCc1ccccc1.[V]. The van der Waals surface area contributed by atoms with E-state index in [1.807, 2.05) is 152 Å². The number of aryl methyl sites for hydroxylation is 1. The van der Waals surface area contributed by atoms with Crippen molar-refractivity contribution in [1.29, 1.82) is 0 Å². The molecule has 1 radical (unpaired) electrons. The number of hydrogen-bond donors (Lipinski definition) is 1. The van der Waals surface area contributed by atoms with Gasteiger partial charge in [-0.1, -0.05) is 199 Å². The van der Waals surface area contributed by atoms with Gasteiger partial charge in [-0.15, -0.1) is 40.6 Å². The van der Waals surface area contributed by atoms with E-state index in [0.29, 0.717) is 46.1 Å². The van der Waals surface area contributed by atoms with Crippen molar-refractivity contribution < 1.29 is 60.8 Å². The predicted molar refractivity (Wildman–Crippen MR) is 332 cm³/mol. The standard InChI is InChI=1S/C12H13N3O2.C10H9N3O2.C8H10.C7H7N3.C5H6O2.4C2H6.I3.I2.HI.V/c1-2-17-12(16)11-9-15(14-13-11)8-10-6-4-3-5-7-10;14-10(15)9-7-13(12-11-9)6-8-4-2-1-3-5-8;1-2-8-6-4-3-5-7-8;8-10-9-6-7-4-2-1-3-5-7;1-3-5(6)7-4-2;4*1-2;1-3-2;1-2;;/h3-7,9H,2,8H2,1H3;1-5,7H,6H2,(H,14,15);3-7H,2H2,1H3;1-5H,6H2;1H,4H2,2H3;4*1-2H3;;;1H;/q;;;;;;;;;-1;;;. The number of benzene rings is 4. The number of esters is 2. The van der Waals surface area contributed by atoms with Crippen LogP contribution in [0.15, 0.2) is 139 Å². The van der Waals surface area contributed by atoms with Crippen LogP contribution < -0.4 is 13.3 Å². The number of carboxylic acid groups (broad SMARTS) is 1. The van der Waals surface area contributed by atoms with E-state index in [4.69, 9.17) is 15.4 Å². The zero-order valence-corrected chi connectivity index (χ0v) is 57.3. The minimum Gasteiger partial charge on any atom is -0.476 e. The first-order valence-electron chi connectivity index (χ1n) is 22.2. The van der Waals surface area contributed by atoms with Crippen LogP contribution >= 0.6 is 98.4 Å². The number of nitrogens with zero attached hydrogens (tertiary/aromatic N) is 9. The fourth-order valence-corrected chi connectivity index (χ4v) is 4.27. The molecule has 2 heterocycles. The average Bonchev–Trinajstić information content (AvgIpc) is 4.11. The molecule has 15 nitrogen and oxygen atoms in total. The molecule has 22 heteroatoms. The number of ether oxygens (including phenoxy) is 2. The minimum atomic E-state index is -1.06. The molecule has 0 aliphatic rings. The molecular formula is C50H70I6N9O6V-. The molecule has 1 N–H and O–H groups in total. The third-order valence-corrected chi connectivity index (χ3v) is 6.96. The summed E-state index contributed by atoms with van der Waals surface area (Å²) < 4.78 is 12.3. The fourth-order valence-electron chi connectivity index (χ4n) is 4.27. The monoisotopic (exact) mass is 1700 g/mol. The number of aromatic nitrogens is 6. The molecule has 0 aliphatic carbocycles. The third-order valence-electron chi connectivity index (χ3n) is 6.96. The van der Waals surface area contributed by atoms with Crippen molar-refractivity contribution in [2.45, 2.75) is 102 Å². The Morgan fingerprint density at radius 1 is 0.653 bits per heavy atom. The largest absolute Gasteiger partial charge is 0.476 e. The van der Waals surface area contributed by atoms with Crippen LogP contribution in [0.3, 0.4) is 0 Å². The Morgan fingerprint density at radius 3 is 1.26 bits per heavy atom. The summed E-state index contributed by atoms with van der Waals surface area (Å²) in [7, 11) is 0. The van der Waals surface area contributed by atoms with Gasteiger partial charge in [-0.2, -0.15) is 0 Å². The van der Waals surface area contributed by atoms with Gasteiger partial charge in [0.1, 0.15) is 0 Å². The number of halogens is 6. The second-order valence-corrected chi connectivity index (χ2v) is 27.5. The third kappa shape index (κ3) is 49.6. The van der Waals surface area contributed by atoms with E-state index in [0.717, 1.165) is 23.1 Å². The molecule has 6 aromatic rings. The van der Waals surface area contributed by atoms with Gasteiger partial charge in [-0.3, -0.25) is 0 Å². The number of carboxylic acids is 1. The van der Waals surface area contributed by atoms with E-state index in [2.05, 4.69) is 147 Å². The quantitative estimate of drug-likeness (QED) is 0.0247. The molecule has 0 fully saturated rings. The zero-order valence-electron chi connectivity index (χ0n) is 42.8. The van der Waals surface area contributed by atoms with Gasteiger partial charge in [-0.05, 0) is 48.1 Å². The van der Waals surface area contributed by atoms with Gasteiger partial charge in [-0.25, -0.2) is 23.7 Å². The minimum absolute atomic E-state index is 0. The smallest absolute Gasteiger partial charge is 0.358 e.